The van der Waals surface area contributed by atoms with E-state index in [2.05, 4.69) is 30.6 Å². The zero-order valence-electron chi connectivity index (χ0n) is 15.6. The van der Waals surface area contributed by atoms with Crippen molar-refractivity contribution in [2.24, 2.45) is 0 Å². The van der Waals surface area contributed by atoms with Crippen LogP contribution in [0.3, 0.4) is 0 Å². The summed E-state index contributed by atoms with van der Waals surface area (Å²) in [6.07, 6.45) is 7.32. The van der Waals surface area contributed by atoms with Crippen molar-refractivity contribution < 1.29 is 0 Å². The molecule has 0 atom stereocenters. The third kappa shape index (κ3) is 4.20. The van der Waals surface area contributed by atoms with Gasteiger partial charge in [-0.25, -0.2) is 14.6 Å². The molecule has 4 aromatic rings. The lowest BCUT2D eigenvalue weighted by molar-refractivity contribution is 0.555. The van der Waals surface area contributed by atoms with Gasteiger partial charge in [-0.1, -0.05) is 40.8 Å². The molecule has 9 nitrogen and oxygen atoms in total. The number of nitrogens with zero attached hydrogens (tertiary/aromatic N) is 8. The fourth-order valence-corrected chi connectivity index (χ4v) is 2.91. The molecule has 1 aromatic carbocycles. The number of benzene rings is 1. The van der Waals surface area contributed by atoms with Crippen molar-refractivity contribution >= 4 is 5.82 Å². The van der Waals surface area contributed by atoms with Crippen LogP contribution in [0.5, 0.6) is 0 Å². The SMILES string of the molecule is Cc1ncc(Cn2cc(CCCn3cc(-c4ccccc4)nn3)nn2)c(N)n1. The first-order chi connectivity index (χ1) is 13.7. The lowest BCUT2D eigenvalue weighted by atomic mass is 10.2. The van der Waals surface area contributed by atoms with Crippen LogP contribution in [-0.2, 0) is 19.5 Å². The number of rotatable bonds is 7. The Morgan fingerprint density at radius 2 is 1.82 bits per heavy atom. The lowest BCUT2D eigenvalue weighted by Crippen LogP contribution is -2.07. The Bertz CT molecular complexity index is 1050. The van der Waals surface area contributed by atoms with Gasteiger partial charge in [-0.3, -0.25) is 4.68 Å². The van der Waals surface area contributed by atoms with Gasteiger partial charge in [0.25, 0.3) is 0 Å². The maximum atomic E-state index is 5.94. The van der Waals surface area contributed by atoms with Gasteiger partial charge in [0.1, 0.15) is 17.3 Å². The number of anilines is 1. The van der Waals surface area contributed by atoms with Gasteiger partial charge in [-0.05, 0) is 19.8 Å². The molecule has 0 spiro atoms. The smallest absolute Gasteiger partial charge is 0.132 e. The average molecular weight is 375 g/mol. The molecule has 0 saturated carbocycles. The molecule has 4 rings (SSSR count). The van der Waals surface area contributed by atoms with Gasteiger partial charge < -0.3 is 5.73 Å². The summed E-state index contributed by atoms with van der Waals surface area (Å²) >= 11 is 0. The van der Waals surface area contributed by atoms with Crippen LogP contribution in [0.15, 0.2) is 48.9 Å². The van der Waals surface area contributed by atoms with Crippen LogP contribution >= 0.6 is 0 Å². The van der Waals surface area contributed by atoms with E-state index in [0.717, 1.165) is 41.9 Å². The standard InChI is InChI=1S/C19H21N9/c1-14-21-10-16(19(20)22-14)11-28-12-17(23-25-28)8-5-9-27-13-18(24-26-27)15-6-3-2-4-7-15/h2-4,6-7,10,12-13H,5,8-9,11H2,1H3,(H2,20,21,22). The van der Waals surface area contributed by atoms with Crippen molar-refractivity contribution in [2.45, 2.75) is 32.9 Å². The molecule has 0 fully saturated rings. The molecule has 0 amide bonds. The van der Waals surface area contributed by atoms with Gasteiger partial charge in [-0.2, -0.15) is 0 Å². The first kappa shape index (κ1) is 17.8. The van der Waals surface area contributed by atoms with Gasteiger partial charge in [-0.15, -0.1) is 10.2 Å². The predicted octanol–water partition coefficient (Wildman–Crippen LogP) is 1.90. The Morgan fingerprint density at radius 3 is 2.64 bits per heavy atom. The largest absolute Gasteiger partial charge is 0.383 e. The van der Waals surface area contributed by atoms with E-state index in [1.807, 2.05) is 54.3 Å². The van der Waals surface area contributed by atoms with Crippen molar-refractivity contribution in [3.05, 3.63) is 66.0 Å². The highest BCUT2D eigenvalue weighted by Crippen LogP contribution is 2.15. The molecule has 0 saturated heterocycles. The highest BCUT2D eigenvalue weighted by atomic mass is 15.4. The molecule has 0 aliphatic carbocycles. The number of nitrogen functional groups attached to an aromatic ring is 1. The maximum absolute atomic E-state index is 5.94. The first-order valence-electron chi connectivity index (χ1n) is 9.10. The number of hydrogen-bond donors (Lipinski definition) is 1. The number of aromatic nitrogens is 8. The molecule has 3 aromatic heterocycles. The van der Waals surface area contributed by atoms with Gasteiger partial charge in [0.15, 0.2) is 0 Å². The fraction of sp³-hybridized carbons (Fsp3) is 0.263. The van der Waals surface area contributed by atoms with Crippen LogP contribution in [0.4, 0.5) is 5.82 Å². The van der Waals surface area contributed by atoms with Gasteiger partial charge >= 0.3 is 0 Å². The van der Waals surface area contributed by atoms with E-state index in [1.54, 1.807) is 10.9 Å². The van der Waals surface area contributed by atoms with Crippen LogP contribution in [0, 0.1) is 6.92 Å². The Balaban J connectivity index is 1.31. The number of nitrogens with two attached hydrogens (primary N) is 1. The Morgan fingerprint density at radius 1 is 1.00 bits per heavy atom. The average Bonchev–Trinajstić information content (AvgIpc) is 3.35. The van der Waals surface area contributed by atoms with Gasteiger partial charge in [0.05, 0.1) is 18.4 Å². The summed E-state index contributed by atoms with van der Waals surface area (Å²) in [7, 11) is 0. The van der Waals surface area contributed by atoms with Crippen molar-refractivity contribution in [3.63, 3.8) is 0 Å². The third-order valence-electron chi connectivity index (χ3n) is 4.37. The topological polar surface area (TPSA) is 113 Å². The molecule has 0 radical (unpaired) electrons. The minimum absolute atomic E-state index is 0.477. The normalized spacial score (nSPS) is 11.0. The molecule has 9 heteroatoms. The Kier molecular flexibility index (Phi) is 5.05. The van der Waals surface area contributed by atoms with Crippen molar-refractivity contribution in [1.29, 1.82) is 0 Å². The van der Waals surface area contributed by atoms with Gasteiger partial charge in [0, 0.05) is 30.1 Å². The second-order valence-corrected chi connectivity index (χ2v) is 6.57. The van der Waals surface area contributed by atoms with E-state index in [0.29, 0.717) is 18.2 Å². The van der Waals surface area contributed by atoms with E-state index in [4.69, 9.17) is 5.73 Å². The van der Waals surface area contributed by atoms with E-state index < -0.39 is 0 Å². The number of hydrogen-bond acceptors (Lipinski definition) is 7. The third-order valence-corrected chi connectivity index (χ3v) is 4.37. The highest BCUT2D eigenvalue weighted by Gasteiger charge is 2.07. The second kappa shape index (κ2) is 7.95. The van der Waals surface area contributed by atoms with E-state index >= 15 is 0 Å². The molecule has 0 bridgehead atoms. The molecular weight excluding hydrogens is 354 g/mol. The maximum Gasteiger partial charge on any atom is 0.132 e. The van der Waals surface area contributed by atoms with E-state index in [9.17, 15) is 0 Å². The summed E-state index contributed by atoms with van der Waals surface area (Å²) in [6, 6.07) is 10.0. The zero-order valence-corrected chi connectivity index (χ0v) is 15.6. The summed E-state index contributed by atoms with van der Waals surface area (Å²) < 4.78 is 3.61. The van der Waals surface area contributed by atoms with Crippen LogP contribution in [0.2, 0.25) is 0 Å². The van der Waals surface area contributed by atoms with Crippen molar-refractivity contribution in [1.82, 2.24) is 40.0 Å². The van der Waals surface area contributed by atoms with Crippen LogP contribution in [0.1, 0.15) is 23.5 Å². The molecule has 0 unspecified atom stereocenters. The minimum Gasteiger partial charge on any atom is -0.383 e. The molecule has 0 aliphatic rings. The van der Waals surface area contributed by atoms with Crippen molar-refractivity contribution in [2.75, 3.05) is 5.73 Å². The van der Waals surface area contributed by atoms with Crippen LogP contribution in [-0.4, -0.2) is 40.0 Å². The molecule has 142 valence electrons. The predicted molar refractivity (Wildman–Crippen MR) is 104 cm³/mol. The summed E-state index contributed by atoms with van der Waals surface area (Å²) in [5.74, 6) is 1.13. The van der Waals surface area contributed by atoms with Crippen LogP contribution in [0.25, 0.3) is 11.3 Å². The molecule has 0 aliphatic heterocycles. The minimum atomic E-state index is 0.477. The van der Waals surface area contributed by atoms with E-state index in [1.165, 1.54) is 0 Å². The summed E-state index contributed by atoms with van der Waals surface area (Å²) in [5, 5.41) is 16.8. The zero-order chi connectivity index (χ0) is 19.3. The summed E-state index contributed by atoms with van der Waals surface area (Å²) in [6.45, 7) is 3.08. The first-order valence-corrected chi connectivity index (χ1v) is 9.10. The molecular formula is C19H21N9. The van der Waals surface area contributed by atoms with Crippen LogP contribution < -0.4 is 5.73 Å². The van der Waals surface area contributed by atoms with Gasteiger partial charge in [0.2, 0.25) is 0 Å². The summed E-state index contributed by atoms with van der Waals surface area (Å²) in [4.78, 5) is 8.35. The second-order valence-electron chi connectivity index (χ2n) is 6.57. The fourth-order valence-electron chi connectivity index (χ4n) is 2.91. The molecule has 28 heavy (non-hydrogen) atoms. The monoisotopic (exact) mass is 375 g/mol. The number of aryl methyl sites for hydroxylation is 3. The quantitative estimate of drug-likeness (QED) is 0.525. The molecule has 3 heterocycles. The Hall–Kier alpha value is -3.62. The lowest BCUT2D eigenvalue weighted by Gasteiger charge is -2.04. The van der Waals surface area contributed by atoms with Crippen molar-refractivity contribution in [3.8, 4) is 11.3 Å². The van der Waals surface area contributed by atoms with E-state index in [-0.39, 0.29) is 0 Å². The molecule has 2 N–H and O–H groups in total. The summed E-state index contributed by atoms with van der Waals surface area (Å²) in [5.41, 5.74) is 9.64. The highest BCUT2D eigenvalue weighted by molar-refractivity contribution is 5.57. The Labute approximate surface area is 162 Å².